The lowest BCUT2D eigenvalue weighted by Gasteiger charge is -2.22. The summed E-state index contributed by atoms with van der Waals surface area (Å²) < 4.78 is 4.53. The van der Waals surface area contributed by atoms with Crippen LogP contribution in [0, 0.1) is 0 Å². The Bertz CT molecular complexity index is 271. The Kier molecular flexibility index (Phi) is 2.91. The summed E-state index contributed by atoms with van der Waals surface area (Å²) in [6, 6.07) is 0. The second-order valence-electron chi connectivity index (χ2n) is 2.92. The minimum absolute atomic E-state index is 0.674. The second kappa shape index (κ2) is 3.66. The zero-order chi connectivity index (χ0) is 10.9. The fourth-order valence-corrected chi connectivity index (χ4v) is 1.22. The number of carbonyl (C=O) groups excluding carboxylic acids is 1. The van der Waals surface area contributed by atoms with Gasteiger partial charge >= 0.3 is 0 Å². The molecule has 1 saturated heterocycles. The van der Waals surface area contributed by atoms with E-state index in [0.29, 0.717) is 0 Å². The van der Waals surface area contributed by atoms with Crippen LogP contribution in [0.2, 0.25) is 0 Å². The summed E-state index contributed by atoms with van der Waals surface area (Å²) in [5, 5.41) is 45.3. The first-order chi connectivity index (χ1) is 6.47. The molecule has 0 radical (unpaired) electrons. The van der Waals surface area contributed by atoms with Gasteiger partial charge in [-0.15, -0.1) is 0 Å². The van der Waals surface area contributed by atoms with Gasteiger partial charge < -0.3 is 30.3 Å². The molecule has 1 rings (SSSR count). The van der Waals surface area contributed by atoms with E-state index in [-0.39, 0.29) is 0 Å². The van der Waals surface area contributed by atoms with Crippen molar-refractivity contribution < 1.29 is 35.1 Å². The molecule has 0 amide bonds. The van der Waals surface area contributed by atoms with E-state index in [9.17, 15) is 20.1 Å². The summed E-state index contributed by atoms with van der Waals surface area (Å²) in [6.45, 7) is -0.674. The Balaban J connectivity index is 2.98. The van der Waals surface area contributed by atoms with Gasteiger partial charge in [0.2, 0.25) is 5.76 Å². The number of hydrogen-bond acceptors (Lipinski definition) is 7. The molecule has 7 nitrogen and oxygen atoms in total. The first-order valence-electron chi connectivity index (χ1n) is 3.79. The van der Waals surface area contributed by atoms with Crippen LogP contribution < -0.4 is 0 Å². The molecule has 1 unspecified atom stereocenters. The highest BCUT2D eigenvalue weighted by Crippen LogP contribution is 2.32. The number of aliphatic hydroxyl groups excluding tert-OH is 4. The topological polar surface area (TPSA) is 127 Å². The highest BCUT2D eigenvalue weighted by Gasteiger charge is 2.56. The van der Waals surface area contributed by atoms with E-state index in [1.807, 2.05) is 0 Å². The molecule has 0 saturated carbocycles. The summed E-state index contributed by atoms with van der Waals surface area (Å²) in [4.78, 5) is 10.0. The van der Waals surface area contributed by atoms with E-state index in [1.54, 1.807) is 0 Å². The normalized spacial score (nSPS) is 42.1. The van der Waals surface area contributed by atoms with Crippen molar-refractivity contribution in [2.75, 3.05) is 6.61 Å². The minimum Gasteiger partial charge on any atom is -0.498 e. The van der Waals surface area contributed by atoms with Gasteiger partial charge in [-0.3, -0.25) is 0 Å². The molecule has 0 spiro atoms. The van der Waals surface area contributed by atoms with E-state index in [0.717, 1.165) is 5.94 Å². The Morgan fingerprint density at radius 1 is 1.50 bits per heavy atom. The lowest BCUT2D eigenvalue weighted by molar-refractivity contribution is -0.219. The standard InChI is InChI=1S/C7H10O7/c8-1-3-5(11)6(12)7(13,14-3)4(10)2-9/h3,5-6,8,10-13H,1H2/t3-,5+,6-,7?/m1/s1. The lowest BCUT2D eigenvalue weighted by Crippen LogP contribution is -2.45. The highest BCUT2D eigenvalue weighted by molar-refractivity contribution is 5.52. The molecule has 0 aliphatic carbocycles. The fraction of sp³-hybridized carbons (Fsp3) is 0.714. The van der Waals surface area contributed by atoms with Crippen LogP contribution in [0.1, 0.15) is 0 Å². The molecule has 1 aliphatic heterocycles. The Hall–Kier alpha value is -0.950. The van der Waals surface area contributed by atoms with Crippen molar-refractivity contribution in [2.24, 2.45) is 0 Å². The molecule has 1 fully saturated rings. The van der Waals surface area contributed by atoms with Crippen molar-refractivity contribution in [3.8, 4) is 0 Å². The van der Waals surface area contributed by atoms with Gasteiger partial charge in [-0.2, -0.15) is 0 Å². The summed E-state index contributed by atoms with van der Waals surface area (Å²) in [6.07, 6.45) is -4.79. The second-order valence-corrected chi connectivity index (χ2v) is 2.92. The first-order valence-corrected chi connectivity index (χ1v) is 3.79. The molecule has 14 heavy (non-hydrogen) atoms. The van der Waals surface area contributed by atoms with Gasteiger partial charge in [0.1, 0.15) is 18.3 Å². The van der Waals surface area contributed by atoms with Crippen molar-refractivity contribution in [1.82, 2.24) is 0 Å². The van der Waals surface area contributed by atoms with Gasteiger partial charge in [-0.25, -0.2) is 4.79 Å². The average Bonchev–Trinajstić information content (AvgIpc) is 2.42. The van der Waals surface area contributed by atoms with E-state index < -0.39 is 36.5 Å². The number of hydrogen-bond donors (Lipinski definition) is 5. The summed E-state index contributed by atoms with van der Waals surface area (Å²) in [5.41, 5.74) is 0. The molecule has 0 aromatic heterocycles. The molecule has 5 N–H and O–H groups in total. The molecule has 0 bridgehead atoms. The molecule has 0 aromatic rings. The number of rotatable bonds is 2. The third kappa shape index (κ3) is 1.42. The van der Waals surface area contributed by atoms with Crippen LogP contribution >= 0.6 is 0 Å². The third-order valence-electron chi connectivity index (χ3n) is 2.05. The predicted molar refractivity (Wildman–Crippen MR) is 40.8 cm³/mol. The summed E-state index contributed by atoms with van der Waals surface area (Å²) in [5.74, 6) is -3.04. The maximum absolute atomic E-state index is 10.0. The van der Waals surface area contributed by atoms with Crippen LogP contribution in [-0.2, 0) is 9.53 Å². The molecule has 1 aliphatic rings. The van der Waals surface area contributed by atoms with E-state index >= 15 is 0 Å². The van der Waals surface area contributed by atoms with Gasteiger partial charge in [0, 0.05) is 0 Å². The average molecular weight is 206 g/mol. The minimum atomic E-state index is -2.70. The van der Waals surface area contributed by atoms with Crippen LogP contribution in [0.4, 0.5) is 0 Å². The quantitative estimate of drug-likeness (QED) is 0.241. The molecule has 7 heteroatoms. The Morgan fingerprint density at radius 2 is 2.07 bits per heavy atom. The Morgan fingerprint density at radius 3 is 2.43 bits per heavy atom. The van der Waals surface area contributed by atoms with Crippen LogP contribution in [0.3, 0.4) is 0 Å². The predicted octanol–water partition coefficient (Wildman–Crippen LogP) is -2.94. The molecule has 4 atom stereocenters. The van der Waals surface area contributed by atoms with Crippen molar-refractivity contribution in [3.63, 3.8) is 0 Å². The van der Waals surface area contributed by atoms with Gasteiger partial charge in [0.15, 0.2) is 5.94 Å². The zero-order valence-corrected chi connectivity index (χ0v) is 6.99. The van der Waals surface area contributed by atoms with Gasteiger partial charge in [-0.05, 0) is 0 Å². The number of ether oxygens (including phenoxy) is 1. The van der Waals surface area contributed by atoms with E-state index in [4.69, 9.17) is 10.2 Å². The molecule has 0 aromatic carbocycles. The van der Waals surface area contributed by atoms with Crippen LogP contribution in [0.5, 0.6) is 0 Å². The van der Waals surface area contributed by atoms with Crippen LogP contribution in [0.15, 0.2) is 5.76 Å². The number of aliphatic hydroxyl groups is 5. The molecule has 1 heterocycles. The van der Waals surface area contributed by atoms with Gasteiger partial charge in [0.25, 0.3) is 5.79 Å². The van der Waals surface area contributed by atoms with E-state index in [2.05, 4.69) is 4.74 Å². The largest absolute Gasteiger partial charge is 0.498 e. The SMILES string of the molecule is O=C=C(O)C1(O)O[C@H](CO)[C@H](O)[C@H]1O. The van der Waals surface area contributed by atoms with Crippen LogP contribution in [-0.4, -0.2) is 62.2 Å². The molecular formula is C7H10O7. The smallest absolute Gasteiger partial charge is 0.266 e. The van der Waals surface area contributed by atoms with Crippen molar-refractivity contribution in [2.45, 2.75) is 24.1 Å². The molecule has 80 valence electrons. The van der Waals surface area contributed by atoms with Crippen LogP contribution in [0.25, 0.3) is 0 Å². The Labute approximate surface area is 78.5 Å². The highest BCUT2D eigenvalue weighted by atomic mass is 16.7. The third-order valence-corrected chi connectivity index (χ3v) is 2.05. The molecular weight excluding hydrogens is 196 g/mol. The summed E-state index contributed by atoms with van der Waals surface area (Å²) in [7, 11) is 0. The van der Waals surface area contributed by atoms with Gasteiger partial charge in [0.05, 0.1) is 6.61 Å². The lowest BCUT2D eigenvalue weighted by atomic mass is 10.0. The zero-order valence-electron chi connectivity index (χ0n) is 6.99. The fourth-order valence-electron chi connectivity index (χ4n) is 1.22. The van der Waals surface area contributed by atoms with Crippen molar-refractivity contribution in [1.29, 1.82) is 0 Å². The van der Waals surface area contributed by atoms with Crippen molar-refractivity contribution >= 4 is 5.94 Å². The maximum atomic E-state index is 10.0. The van der Waals surface area contributed by atoms with E-state index in [1.165, 1.54) is 0 Å². The van der Waals surface area contributed by atoms with Crippen molar-refractivity contribution in [3.05, 3.63) is 5.76 Å². The maximum Gasteiger partial charge on any atom is 0.266 e. The monoisotopic (exact) mass is 206 g/mol. The first kappa shape index (κ1) is 11.1. The van der Waals surface area contributed by atoms with Gasteiger partial charge in [-0.1, -0.05) is 0 Å². The summed E-state index contributed by atoms with van der Waals surface area (Å²) >= 11 is 0.